The fraction of sp³-hybridized carbons (Fsp3) is 0.457. The van der Waals surface area contributed by atoms with Crippen LogP contribution in [0, 0.1) is 0 Å². The Labute approximate surface area is 373 Å². The zero-order chi connectivity index (χ0) is 43.8. The summed E-state index contributed by atoms with van der Waals surface area (Å²) in [4.78, 5) is 58.3. The quantitative estimate of drug-likeness (QED) is 0.121. The van der Waals surface area contributed by atoms with Crippen LogP contribution in [0.15, 0.2) is 66.9 Å². The van der Waals surface area contributed by atoms with Crippen molar-refractivity contribution in [1.29, 1.82) is 0 Å². The predicted octanol–water partition coefficient (Wildman–Crippen LogP) is 5.89. The molecule has 6 heterocycles. The minimum Gasteiger partial charge on any atom is -0.494 e. The third-order valence-electron chi connectivity index (χ3n) is 13.5. The second-order valence-electron chi connectivity index (χ2n) is 17.6. The van der Waals surface area contributed by atoms with Crippen LogP contribution >= 0.6 is 18.7 Å². The molecule has 3 amide bonds. The first-order chi connectivity index (χ1) is 30.4. The predicted molar refractivity (Wildman–Crippen MR) is 248 cm³/mol. The number of methoxy groups -OCH3 is 1. The summed E-state index contributed by atoms with van der Waals surface area (Å²) in [6.45, 7) is 12.2. The van der Waals surface area contributed by atoms with Crippen LogP contribution in [0.1, 0.15) is 54.4 Å². The molecule has 63 heavy (non-hydrogen) atoms. The Balaban J connectivity index is 0.736. The van der Waals surface area contributed by atoms with Gasteiger partial charge in [-0.25, -0.2) is 4.98 Å². The van der Waals surface area contributed by atoms with E-state index >= 15 is 0 Å². The van der Waals surface area contributed by atoms with Crippen LogP contribution in [0.5, 0.6) is 5.75 Å². The standard InChI is InChI=1S/C46H56ClN10O5P/c1-62-40-27-34(9-11-37(40)50-46-48-28-36(47)43(52-46)49-38-6-4-5-7-41(38)63(2,3)61)54-20-16-32(17-21-54)56-24-22-55(23-25-56)31-14-18-53(19-15-31)33-8-10-35-30(26-33)29-57(45(35)60)39-12-13-42(58)51-44(39)59/h4-11,26-28,31-32,39H,12-25,29H2,1-3H3,(H,51,58,59)(H2,48,49,50,52). The van der Waals surface area contributed by atoms with Gasteiger partial charge in [0, 0.05) is 106 Å². The van der Waals surface area contributed by atoms with Crippen molar-refractivity contribution in [3.8, 4) is 5.75 Å². The van der Waals surface area contributed by atoms with Crippen LogP contribution in [0.25, 0.3) is 0 Å². The summed E-state index contributed by atoms with van der Waals surface area (Å²) in [5.41, 5.74) is 5.30. The smallest absolute Gasteiger partial charge is 0.255 e. The van der Waals surface area contributed by atoms with Gasteiger partial charge in [-0.2, -0.15) is 4.98 Å². The molecule has 3 aromatic carbocycles. The number of aromatic nitrogens is 2. The van der Waals surface area contributed by atoms with Crippen LogP contribution in [-0.2, 0) is 20.7 Å². The number of imide groups is 1. The van der Waals surface area contributed by atoms with E-state index in [9.17, 15) is 18.9 Å². The maximum absolute atomic E-state index is 13.2. The number of hydrogen-bond acceptors (Lipinski definition) is 13. The van der Waals surface area contributed by atoms with Crippen molar-refractivity contribution in [2.24, 2.45) is 0 Å². The summed E-state index contributed by atoms with van der Waals surface area (Å²) in [6.07, 6.45) is 6.61. The highest BCUT2D eigenvalue weighted by atomic mass is 35.5. The molecule has 5 aliphatic heterocycles. The molecule has 17 heteroatoms. The van der Waals surface area contributed by atoms with Gasteiger partial charge in [0.2, 0.25) is 17.8 Å². The fourth-order valence-electron chi connectivity index (χ4n) is 10.00. The Morgan fingerprint density at radius 3 is 2.05 bits per heavy atom. The molecule has 0 radical (unpaired) electrons. The fourth-order valence-corrected chi connectivity index (χ4v) is 11.3. The molecule has 4 aromatic rings. The van der Waals surface area contributed by atoms with Gasteiger partial charge in [0.25, 0.3) is 5.91 Å². The lowest BCUT2D eigenvalue weighted by atomic mass is 9.99. The lowest BCUT2D eigenvalue weighted by Gasteiger charge is -2.46. The molecule has 0 saturated carbocycles. The molecule has 15 nitrogen and oxygen atoms in total. The average molecular weight is 895 g/mol. The third-order valence-corrected chi connectivity index (χ3v) is 15.3. The van der Waals surface area contributed by atoms with Crippen LogP contribution in [-0.4, -0.2) is 133 Å². The van der Waals surface area contributed by atoms with E-state index in [1.54, 1.807) is 31.5 Å². The van der Waals surface area contributed by atoms with Crippen LogP contribution in [0.3, 0.4) is 0 Å². The first kappa shape index (κ1) is 43.1. The van der Waals surface area contributed by atoms with Gasteiger partial charge >= 0.3 is 0 Å². The Morgan fingerprint density at radius 1 is 0.778 bits per heavy atom. The van der Waals surface area contributed by atoms with Crippen LogP contribution in [0.2, 0.25) is 5.02 Å². The van der Waals surface area contributed by atoms with E-state index in [-0.39, 0.29) is 24.1 Å². The van der Waals surface area contributed by atoms with Crippen molar-refractivity contribution < 1.29 is 23.7 Å². The average Bonchev–Trinajstić information content (AvgIpc) is 3.62. The van der Waals surface area contributed by atoms with E-state index < -0.39 is 13.2 Å². The van der Waals surface area contributed by atoms with Crippen molar-refractivity contribution in [2.45, 2.75) is 63.2 Å². The monoisotopic (exact) mass is 894 g/mol. The second kappa shape index (κ2) is 18.1. The molecular weight excluding hydrogens is 839 g/mol. The molecule has 9 rings (SSSR count). The number of anilines is 6. The minimum absolute atomic E-state index is 0.128. The maximum Gasteiger partial charge on any atom is 0.255 e. The van der Waals surface area contributed by atoms with Crippen molar-refractivity contribution in [3.63, 3.8) is 0 Å². The summed E-state index contributed by atoms with van der Waals surface area (Å²) in [6, 6.07) is 20.3. The Hall–Kier alpha value is -5.21. The number of benzene rings is 3. The summed E-state index contributed by atoms with van der Waals surface area (Å²) >= 11 is 6.50. The number of carbonyl (C=O) groups is 3. The summed E-state index contributed by atoms with van der Waals surface area (Å²) in [7, 11) is -0.880. The van der Waals surface area contributed by atoms with Gasteiger partial charge in [-0.3, -0.25) is 29.5 Å². The number of carbonyl (C=O) groups excluding carboxylic acids is 3. The Kier molecular flexibility index (Phi) is 12.4. The Morgan fingerprint density at radius 2 is 1.41 bits per heavy atom. The third kappa shape index (κ3) is 9.25. The number of rotatable bonds is 11. The number of nitrogens with zero attached hydrogens (tertiary/aromatic N) is 7. The molecule has 5 aliphatic rings. The second-order valence-corrected chi connectivity index (χ2v) is 21.2. The lowest BCUT2D eigenvalue weighted by molar-refractivity contribution is -0.136. The van der Waals surface area contributed by atoms with E-state index in [0.717, 1.165) is 106 Å². The van der Waals surface area contributed by atoms with Gasteiger partial charge in [-0.1, -0.05) is 23.7 Å². The Bertz CT molecular complexity index is 2430. The van der Waals surface area contributed by atoms with Crippen molar-refractivity contribution >= 4 is 76.3 Å². The highest BCUT2D eigenvalue weighted by molar-refractivity contribution is 7.70. The molecule has 1 atom stereocenters. The largest absolute Gasteiger partial charge is 0.494 e. The number of piperidine rings is 3. The van der Waals surface area contributed by atoms with Gasteiger partial charge in [-0.05, 0) is 93.5 Å². The highest BCUT2D eigenvalue weighted by Crippen LogP contribution is 2.39. The number of fused-ring (bicyclic) bond motifs is 1. The molecule has 3 N–H and O–H groups in total. The van der Waals surface area contributed by atoms with Gasteiger partial charge in [-0.15, -0.1) is 0 Å². The summed E-state index contributed by atoms with van der Waals surface area (Å²) in [5, 5.41) is 10.0. The molecule has 0 spiro atoms. The van der Waals surface area contributed by atoms with Crippen molar-refractivity contribution in [3.05, 3.63) is 83.0 Å². The number of halogens is 1. The molecule has 4 saturated heterocycles. The van der Waals surface area contributed by atoms with E-state index in [1.807, 2.05) is 42.5 Å². The van der Waals surface area contributed by atoms with Crippen LogP contribution in [0.4, 0.5) is 34.5 Å². The zero-order valence-corrected chi connectivity index (χ0v) is 37.8. The number of piperazine rings is 1. The highest BCUT2D eigenvalue weighted by Gasteiger charge is 2.40. The molecule has 0 bridgehead atoms. The number of hydrogen-bond donors (Lipinski definition) is 3. The molecule has 1 aromatic heterocycles. The summed E-state index contributed by atoms with van der Waals surface area (Å²) in [5.74, 6) is 0.675. The van der Waals surface area contributed by atoms with E-state index in [0.29, 0.717) is 58.8 Å². The molecule has 0 aliphatic carbocycles. The number of para-hydroxylation sites is 1. The van der Waals surface area contributed by atoms with E-state index in [2.05, 4.69) is 63.7 Å². The first-order valence-electron chi connectivity index (χ1n) is 22.1. The van der Waals surface area contributed by atoms with Crippen molar-refractivity contribution in [1.82, 2.24) is 30.0 Å². The molecular formula is C46H56ClN10O5P. The molecule has 1 unspecified atom stereocenters. The van der Waals surface area contributed by atoms with Gasteiger partial charge < -0.3 is 34.6 Å². The number of ether oxygens (including phenoxy) is 1. The van der Waals surface area contributed by atoms with Gasteiger partial charge in [0.15, 0.2) is 5.82 Å². The van der Waals surface area contributed by atoms with E-state index in [4.69, 9.17) is 16.3 Å². The van der Waals surface area contributed by atoms with E-state index in [1.165, 1.54) is 0 Å². The molecule has 332 valence electrons. The zero-order valence-electron chi connectivity index (χ0n) is 36.2. The minimum atomic E-state index is -2.55. The van der Waals surface area contributed by atoms with Gasteiger partial charge in [0.05, 0.1) is 24.7 Å². The normalized spacial score (nSPS) is 20.8. The maximum atomic E-state index is 13.2. The molecule has 4 fully saturated rings. The first-order valence-corrected chi connectivity index (χ1v) is 25.0. The number of nitrogens with one attached hydrogen (secondary N) is 3. The number of amides is 3. The van der Waals surface area contributed by atoms with Gasteiger partial charge in [0.1, 0.15) is 24.0 Å². The lowest BCUT2D eigenvalue weighted by Crippen LogP contribution is -2.56. The van der Waals surface area contributed by atoms with Crippen molar-refractivity contribution in [2.75, 3.05) is 93.2 Å². The summed E-state index contributed by atoms with van der Waals surface area (Å²) < 4.78 is 18.8. The SMILES string of the molecule is COc1cc(N2CCC(N3CCN(C4CCN(c5ccc6c(c5)CN(C5CCC(=O)NC5=O)C6=O)CC4)CC3)CC2)ccc1Nc1ncc(Cl)c(Nc2ccccc2P(C)(C)=O)n1. The topological polar surface area (TPSA) is 156 Å². The van der Waals surface area contributed by atoms with Crippen LogP contribution < -0.4 is 35.8 Å².